The van der Waals surface area contributed by atoms with Crippen molar-refractivity contribution >= 4 is 46.2 Å². The first kappa shape index (κ1) is 35.2. The SMILES string of the molecule is C[C@@H](c1ccc(Nc2ncc3cc(C(=O)N(C)C)n(C4CCCC4)c3n2)nc1)N1CCC2(CCN(c3ccc([C@H]4CCC(=O)NC4=O)cc3)CC2)CC1. The van der Waals surface area contributed by atoms with Crippen molar-refractivity contribution in [2.24, 2.45) is 5.41 Å². The van der Waals surface area contributed by atoms with Crippen molar-refractivity contribution in [3.63, 3.8) is 0 Å². The Balaban J connectivity index is 0.856. The summed E-state index contributed by atoms with van der Waals surface area (Å²) >= 11 is 0. The highest BCUT2D eigenvalue weighted by molar-refractivity contribution is 6.01. The minimum Gasteiger partial charge on any atom is -0.371 e. The first-order chi connectivity index (χ1) is 25.7. The second kappa shape index (κ2) is 14.5. The lowest BCUT2D eigenvalue weighted by Gasteiger charge is -2.48. The van der Waals surface area contributed by atoms with E-state index in [9.17, 15) is 14.4 Å². The van der Waals surface area contributed by atoms with Crippen LogP contribution in [-0.2, 0) is 9.59 Å². The molecule has 1 saturated carbocycles. The zero-order chi connectivity index (χ0) is 36.7. The van der Waals surface area contributed by atoms with E-state index < -0.39 is 0 Å². The van der Waals surface area contributed by atoms with E-state index >= 15 is 0 Å². The molecule has 4 aliphatic rings. The van der Waals surface area contributed by atoms with E-state index in [1.807, 2.05) is 18.3 Å². The molecule has 278 valence electrons. The molecule has 8 rings (SSSR count). The number of likely N-dealkylation sites (tertiary alicyclic amines) is 1. The van der Waals surface area contributed by atoms with Crippen molar-refractivity contribution < 1.29 is 14.4 Å². The molecule has 2 N–H and O–H groups in total. The number of rotatable bonds is 8. The molecule has 1 aromatic carbocycles. The van der Waals surface area contributed by atoms with Crippen LogP contribution in [0.3, 0.4) is 0 Å². The zero-order valence-electron chi connectivity index (χ0n) is 31.2. The van der Waals surface area contributed by atoms with Gasteiger partial charge in [0.2, 0.25) is 17.8 Å². The highest BCUT2D eigenvalue weighted by Crippen LogP contribution is 2.44. The summed E-state index contributed by atoms with van der Waals surface area (Å²) in [4.78, 5) is 57.9. The minimum absolute atomic E-state index is 0.0160. The molecule has 3 saturated heterocycles. The second-order valence-corrected chi connectivity index (χ2v) is 15.9. The topological polar surface area (TPSA) is 129 Å². The average molecular weight is 718 g/mol. The quantitative estimate of drug-likeness (QED) is 0.201. The molecule has 1 spiro atoms. The predicted octanol–water partition coefficient (Wildman–Crippen LogP) is 6.35. The van der Waals surface area contributed by atoms with E-state index in [-0.39, 0.29) is 35.7 Å². The van der Waals surface area contributed by atoms with Gasteiger partial charge < -0.3 is 19.7 Å². The third-order valence-electron chi connectivity index (χ3n) is 12.5. The van der Waals surface area contributed by atoms with Gasteiger partial charge in [0.05, 0.1) is 5.92 Å². The molecule has 3 aromatic heterocycles. The van der Waals surface area contributed by atoms with Crippen molar-refractivity contribution in [2.45, 2.75) is 89.1 Å². The Morgan fingerprint density at radius 1 is 0.925 bits per heavy atom. The Kier molecular flexibility index (Phi) is 9.65. The van der Waals surface area contributed by atoms with Crippen LogP contribution >= 0.6 is 0 Å². The van der Waals surface area contributed by atoms with Gasteiger partial charge in [0.1, 0.15) is 17.2 Å². The Bertz CT molecular complexity index is 1970. The van der Waals surface area contributed by atoms with Crippen molar-refractivity contribution in [3.05, 3.63) is 71.7 Å². The number of fused-ring (bicyclic) bond motifs is 1. The van der Waals surface area contributed by atoms with Crippen LogP contribution in [0.15, 0.2) is 54.9 Å². The number of anilines is 3. The van der Waals surface area contributed by atoms with E-state index in [0.29, 0.717) is 35.7 Å². The van der Waals surface area contributed by atoms with Gasteiger partial charge in [-0.1, -0.05) is 31.0 Å². The molecule has 4 fully saturated rings. The van der Waals surface area contributed by atoms with Gasteiger partial charge in [-0.2, -0.15) is 4.98 Å². The number of carbonyl (C=O) groups excluding carboxylic acids is 3. The summed E-state index contributed by atoms with van der Waals surface area (Å²) in [6.07, 6.45) is 14.0. The maximum absolute atomic E-state index is 13.1. The molecular weight excluding hydrogens is 667 g/mol. The summed E-state index contributed by atoms with van der Waals surface area (Å²) in [6.45, 7) is 6.53. The summed E-state index contributed by atoms with van der Waals surface area (Å²) in [5, 5.41) is 6.66. The molecule has 1 aliphatic carbocycles. The normalized spacial score (nSPS) is 21.6. The van der Waals surface area contributed by atoms with Crippen LogP contribution in [0.2, 0.25) is 0 Å². The molecule has 6 heterocycles. The van der Waals surface area contributed by atoms with Crippen molar-refractivity contribution in [1.82, 2.24) is 34.6 Å². The molecule has 0 bridgehead atoms. The number of nitrogens with zero attached hydrogens (tertiary/aromatic N) is 7. The van der Waals surface area contributed by atoms with E-state index in [0.717, 1.165) is 68.5 Å². The summed E-state index contributed by atoms with van der Waals surface area (Å²) in [6, 6.07) is 15.0. The van der Waals surface area contributed by atoms with Crippen LogP contribution in [0.25, 0.3) is 11.0 Å². The fraction of sp³-hybridized carbons (Fsp3) is 0.512. The number of pyridine rings is 1. The van der Waals surface area contributed by atoms with Crippen LogP contribution in [0.4, 0.5) is 17.5 Å². The van der Waals surface area contributed by atoms with E-state index in [2.05, 4.69) is 67.2 Å². The first-order valence-electron chi connectivity index (χ1n) is 19.4. The number of piperidine rings is 3. The number of benzene rings is 1. The van der Waals surface area contributed by atoms with Gasteiger partial charge >= 0.3 is 0 Å². The largest absolute Gasteiger partial charge is 0.371 e. The number of aromatic nitrogens is 4. The highest BCUT2D eigenvalue weighted by atomic mass is 16.2. The number of hydrogen-bond acceptors (Lipinski definition) is 9. The molecule has 0 unspecified atom stereocenters. The fourth-order valence-electron chi connectivity index (χ4n) is 9.10. The number of carbonyl (C=O) groups is 3. The van der Waals surface area contributed by atoms with Crippen LogP contribution in [0.5, 0.6) is 0 Å². The maximum Gasteiger partial charge on any atom is 0.270 e. The molecule has 0 radical (unpaired) electrons. The molecule has 3 amide bonds. The number of hydrogen-bond donors (Lipinski definition) is 2. The molecular formula is C41H51N9O3. The van der Waals surface area contributed by atoms with Crippen LogP contribution in [0.1, 0.15) is 111 Å². The molecule has 2 atom stereocenters. The second-order valence-electron chi connectivity index (χ2n) is 15.9. The lowest BCUT2D eigenvalue weighted by atomic mass is 9.71. The van der Waals surface area contributed by atoms with E-state index in [1.54, 1.807) is 25.2 Å². The summed E-state index contributed by atoms with van der Waals surface area (Å²) in [7, 11) is 3.58. The summed E-state index contributed by atoms with van der Waals surface area (Å²) < 4.78 is 2.13. The molecule has 12 nitrogen and oxygen atoms in total. The van der Waals surface area contributed by atoms with E-state index in [4.69, 9.17) is 9.97 Å². The zero-order valence-corrected chi connectivity index (χ0v) is 31.2. The van der Waals surface area contributed by atoms with Gasteiger partial charge in [-0.05, 0) is 106 Å². The number of imide groups is 1. The predicted molar refractivity (Wildman–Crippen MR) is 205 cm³/mol. The van der Waals surface area contributed by atoms with Gasteiger partial charge in [0.15, 0.2) is 0 Å². The van der Waals surface area contributed by atoms with Crippen molar-refractivity contribution in [3.8, 4) is 0 Å². The minimum atomic E-state index is -0.239. The molecule has 4 aromatic rings. The van der Waals surface area contributed by atoms with Crippen molar-refractivity contribution in [1.29, 1.82) is 0 Å². The van der Waals surface area contributed by atoms with E-state index in [1.165, 1.54) is 36.9 Å². The Morgan fingerprint density at radius 3 is 2.30 bits per heavy atom. The molecule has 3 aliphatic heterocycles. The van der Waals surface area contributed by atoms with Gasteiger partial charge in [0.25, 0.3) is 5.91 Å². The third kappa shape index (κ3) is 7.13. The molecule has 12 heteroatoms. The van der Waals surface area contributed by atoms with Crippen LogP contribution in [0, 0.1) is 5.41 Å². The standard InChI is InChI=1S/C41H51N9O3/c1-27(48-20-16-41(17-21-48)18-22-49(23-19-41)31-11-8-28(9-12-31)33-13-15-36(51)45-38(33)52)29-10-14-35(42-25-29)44-40-43-26-30-24-34(39(53)47(2)3)50(37(30)46-40)32-6-4-5-7-32/h8-12,14,24-27,32-33H,4-7,13,15-23H2,1-3H3,(H,45,51,52)(H,42,43,44,46)/t27-,33+/m0/s1. The Hall–Kier alpha value is -4.84. The van der Waals surface area contributed by atoms with Gasteiger partial charge in [-0.15, -0.1) is 0 Å². The smallest absolute Gasteiger partial charge is 0.270 e. The first-order valence-corrected chi connectivity index (χ1v) is 19.4. The Morgan fingerprint density at radius 2 is 1.64 bits per heavy atom. The lowest BCUT2D eigenvalue weighted by molar-refractivity contribution is -0.134. The van der Waals surface area contributed by atoms with Gasteiger partial charge in [0, 0.05) is 69.2 Å². The monoisotopic (exact) mass is 717 g/mol. The lowest BCUT2D eigenvalue weighted by Crippen LogP contribution is -2.47. The van der Waals surface area contributed by atoms with Crippen LogP contribution in [-0.4, -0.2) is 87.3 Å². The average Bonchev–Trinajstić information content (AvgIpc) is 3.84. The Labute approximate surface area is 311 Å². The summed E-state index contributed by atoms with van der Waals surface area (Å²) in [5.41, 5.74) is 5.25. The highest BCUT2D eigenvalue weighted by Gasteiger charge is 2.39. The van der Waals surface area contributed by atoms with Crippen molar-refractivity contribution in [2.75, 3.05) is 50.5 Å². The number of amides is 3. The maximum atomic E-state index is 13.1. The van der Waals surface area contributed by atoms with Crippen LogP contribution < -0.4 is 15.5 Å². The summed E-state index contributed by atoms with van der Waals surface area (Å²) in [5.74, 6) is 0.559. The van der Waals surface area contributed by atoms with Gasteiger partial charge in [-0.25, -0.2) is 9.97 Å². The number of nitrogens with one attached hydrogen (secondary N) is 2. The fourth-order valence-corrected chi connectivity index (χ4v) is 9.10. The van der Waals surface area contributed by atoms with Gasteiger partial charge in [-0.3, -0.25) is 24.6 Å². The molecule has 53 heavy (non-hydrogen) atoms. The third-order valence-corrected chi connectivity index (χ3v) is 12.5.